The van der Waals surface area contributed by atoms with Crippen LogP contribution in [0.1, 0.15) is 6.42 Å². The third-order valence-electron chi connectivity index (χ3n) is 6.34. The van der Waals surface area contributed by atoms with Crippen LogP contribution in [-0.4, -0.2) is 18.8 Å². The van der Waals surface area contributed by atoms with E-state index in [1.165, 1.54) is 6.42 Å². The van der Waals surface area contributed by atoms with Gasteiger partial charge >= 0.3 is 0 Å². The summed E-state index contributed by atoms with van der Waals surface area (Å²) in [6.45, 7) is 0. The lowest BCUT2D eigenvalue weighted by atomic mass is 9.69. The molecule has 0 aromatic carbocycles. The van der Waals surface area contributed by atoms with Gasteiger partial charge in [-0.1, -0.05) is 47.8 Å². The maximum Gasteiger partial charge on any atom is 0.0898 e. The molecule has 0 aromatic heterocycles. The molecule has 6 fully saturated rings. The number of halogens is 3. The Morgan fingerprint density at radius 2 is 1.73 bits per heavy atom. The molecule has 1 N–H and O–H groups in total. The molecule has 1 nitrogen and oxygen atoms in total. The van der Waals surface area contributed by atoms with Crippen LogP contribution < -0.4 is 0 Å². The van der Waals surface area contributed by atoms with Gasteiger partial charge in [-0.2, -0.15) is 0 Å². The monoisotopic (exact) mass is 396 g/mol. The molecule has 0 amide bonds. The summed E-state index contributed by atoms with van der Waals surface area (Å²) in [6, 6.07) is 0. The van der Waals surface area contributed by atoms with Gasteiger partial charge in [-0.3, -0.25) is 0 Å². The molecule has 0 saturated heterocycles. The van der Waals surface area contributed by atoms with Gasteiger partial charge in [0.1, 0.15) is 0 Å². The van der Waals surface area contributed by atoms with Gasteiger partial charge in [0.05, 0.1) is 8.83 Å². The van der Waals surface area contributed by atoms with Crippen molar-refractivity contribution in [3.8, 4) is 0 Å². The molecule has 6 saturated carbocycles. The van der Waals surface area contributed by atoms with Crippen LogP contribution in [0.2, 0.25) is 0 Å². The van der Waals surface area contributed by atoms with Crippen molar-refractivity contribution in [3.63, 3.8) is 0 Å². The van der Waals surface area contributed by atoms with Crippen LogP contribution in [0, 0.1) is 41.4 Å². The van der Waals surface area contributed by atoms with Crippen molar-refractivity contribution >= 4 is 47.8 Å². The molecule has 0 radical (unpaired) electrons. The van der Waals surface area contributed by atoms with E-state index in [0.29, 0.717) is 22.6 Å². The summed E-state index contributed by atoms with van der Waals surface area (Å²) in [6.07, 6.45) is 1.38. The molecule has 0 aromatic rings. The molecule has 0 spiro atoms. The minimum atomic E-state index is -0.412. The second kappa shape index (κ2) is 2.17. The molecule has 4 heteroatoms. The van der Waals surface area contributed by atoms with Gasteiger partial charge in [0, 0.05) is 10.7 Å². The van der Waals surface area contributed by atoms with Crippen molar-refractivity contribution in [2.45, 2.75) is 20.1 Å². The number of hydrogen-bond acceptors (Lipinski definition) is 1. The minimum absolute atomic E-state index is 0.0424. The number of aliphatic hydroxyl groups is 1. The van der Waals surface area contributed by atoms with E-state index < -0.39 is 5.60 Å². The SMILES string of the molecule is O[C@]12[C@@H]3[C@@H]4C[C@@H]5[C@H]([C@H]4[C@H]1Br)[C@@H]2C(Br)(Br)[C@H]53. The van der Waals surface area contributed by atoms with Gasteiger partial charge in [0.2, 0.25) is 0 Å². The highest BCUT2D eigenvalue weighted by Crippen LogP contribution is 2.89. The van der Waals surface area contributed by atoms with Gasteiger partial charge < -0.3 is 5.11 Å². The van der Waals surface area contributed by atoms with Crippen LogP contribution in [0.5, 0.6) is 0 Å². The molecule has 15 heavy (non-hydrogen) atoms. The zero-order valence-electron chi connectivity index (χ0n) is 7.91. The van der Waals surface area contributed by atoms with E-state index in [9.17, 15) is 5.11 Å². The Hall–Kier alpha value is 1.40. The maximum atomic E-state index is 11.0. The second-order valence-electron chi connectivity index (χ2n) is 6.21. The first kappa shape index (κ1) is 9.35. The quantitative estimate of drug-likeness (QED) is 0.622. The summed E-state index contributed by atoms with van der Waals surface area (Å²) in [7, 11) is 0. The van der Waals surface area contributed by atoms with E-state index in [4.69, 9.17) is 0 Å². The molecule has 0 heterocycles. The lowest BCUT2D eigenvalue weighted by Crippen LogP contribution is -2.46. The van der Waals surface area contributed by atoms with Crippen LogP contribution in [0.4, 0.5) is 0 Å². The highest BCUT2D eigenvalue weighted by molar-refractivity contribution is 9.25. The second-order valence-corrected chi connectivity index (χ2v) is 10.9. The number of rotatable bonds is 0. The smallest absolute Gasteiger partial charge is 0.0898 e. The molecular weight excluding hydrogens is 388 g/mol. The van der Waals surface area contributed by atoms with Gasteiger partial charge in [0.15, 0.2) is 0 Å². The predicted molar refractivity (Wildman–Crippen MR) is 67.3 cm³/mol. The fourth-order valence-corrected chi connectivity index (χ4v) is 10.4. The third kappa shape index (κ3) is 0.609. The van der Waals surface area contributed by atoms with E-state index >= 15 is 0 Å². The number of alkyl halides is 3. The van der Waals surface area contributed by atoms with Crippen molar-refractivity contribution in [1.82, 2.24) is 0 Å². The van der Waals surface area contributed by atoms with Gasteiger partial charge in [-0.25, -0.2) is 0 Å². The lowest BCUT2D eigenvalue weighted by Gasteiger charge is -2.38. The molecule has 0 aliphatic heterocycles. The Kier molecular flexibility index (Phi) is 1.35. The molecule has 9 atom stereocenters. The van der Waals surface area contributed by atoms with E-state index in [-0.39, 0.29) is 3.23 Å². The highest BCUT2D eigenvalue weighted by Gasteiger charge is 2.91. The van der Waals surface area contributed by atoms with Crippen molar-refractivity contribution in [2.75, 3.05) is 0 Å². The van der Waals surface area contributed by atoms with Crippen molar-refractivity contribution in [3.05, 3.63) is 0 Å². The Balaban J connectivity index is 1.88. The summed E-state index contributed by atoms with van der Waals surface area (Å²) in [5, 5.41) is 11.0. The van der Waals surface area contributed by atoms with E-state index in [0.717, 1.165) is 23.7 Å². The fourth-order valence-electron chi connectivity index (χ4n) is 6.49. The van der Waals surface area contributed by atoms with Crippen LogP contribution in [-0.2, 0) is 0 Å². The summed E-state index contributed by atoms with van der Waals surface area (Å²) < 4.78 is 0.0424. The summed E-state index contributed by atoms with van der Waals surface area (Å²) in [4.78, 5) is 0.363. The average molecular weight is 399 g/mol. The van der Waals surface area contributed by atoms with Crippen LogP contribution >= 0.6 is 47.8 Å². The molecule has 6 aliphatic rings. The largest absolute Gasteiger partial charge is 0.388 e. The molecule has 6 bridgehead atoms. The molecule has 6 aliphatic carbocycles. The lowest BCUT2D eigenvalue weighted by molar-refractivity contribution is -0.0514. The zero-order valence-corrected chi connectivity index (χ0v) is 12.7. The Morgan fingerprint density at radius 1 is 1.07 bits per heavy atom. The topological polar surface area (TPSA) is 20.2 Å². The van der Waals surface area contributed by atoms with Gasteiger partial charge in [0.25, 0.3) is 0 Å². The third-order valence-corrected chi connectivity index (χ3v) is 9.73. The van der Waals surface area contributed by atoms with Crippen LogP contribution in [0.25, 0.3) is 0 Å². The summed E-state index contributed by atoms with van der Waals surface area (Å²) in [5.74, 6) is 4.93. The molecule has 0 unspecified atom stereocenters. The first-order chi connectivity index (χ1) is 7.00. The zero-order chi connectivity index (χ0) is 10.3. The summed E-state index contributed by atoms with van der Waals surface area (Å²) in [5.41, 5.74) is -0.412. The molecule has 6 rings (SSSR count). The van der Waals surface area contributed by atoms with Crippen molar-refractivity contribution in [1.29, 1.82) is 0 Å². The predicted octanol–water partition coefficient (Wildman–Crippen LogP) is 2.74. The van der Waals surface area contributed by atoms with E-state index in [1.54, 1.807) is 0 Å². The average Bonchev–Trinajstić information content (AvgIpc) is 2.81. The molecular formula is C11H11Br3O. The van der Waals surface area contributed by atoms with Crippen molar-refractivity contribution in [2.24, 2.45) is 41.4 Å². The van der Waals surface area contributed by atoms with E-state index in [2.05, 4.69) is 47.8 Å². The fraction of sp³-hybridized carbons (Fsp3) is 1.00. The first-order valence-corrected chi connectivity index (χ1v) is 8.25. The van der Waals surface area contributed by atoms with E-state index in [1.807, 2.05) is 0 Å². The van der Waals surface area contributed by atoms with Gasteiger partial charge in [-0.15, -0.1) is 0 Å². The Bertz CT molecular complexity index is 395. The number of hydrogen-bond donors (Lipinski definition) is 1. The van der Waals surface area contributed by atoms with Crippen molar-refractivity contribution < 1.29 is 5.11 Å². The van der Waals surface area contributed by atoms with Crippen LogP contribution in [0.3, 0.4) is 0 Å². The van der Waals surface area contributed by atoms with Crippen LogP contribution in [0.15, 0.2) is 0 Å². The standard InChI is InChI=1S/C11H11Br3O/c12-9-5-3-1-2-4(5)8-10(9,15)6(3)7(2)11(8,13)14/h2-9,15H,1H2/t2-,3-,4-,5+,6-,7-,8+,9-,10+/m1/s1. The maximum absolute atomic E-state index is 11.0. The Morgan fingerprint density at radius 3 is 2.40 bits per heavy atom. The highest BCUT2D eigenvalue weighted by atomic mass is 79.9. The Labute approximate surface area is 114 Å². The minimum Gasteiger partial charge on any atom is -0.388 e. The van der Waals surface area contributed by atoms with Gasteiger partial charge in [-0.05, 0) is 41.9 Å². The summed E-state index contributed by atoms with van der Waals surface area (Å²) >= 11 is 11.6. The first-order valence-electron chi connectivity index (χ1n) is 5.75. The molecule has 82 valence electrons. The normalized spacial score (nSPS) is 79.2.